The van der Waals surface area contributed by atoms with Crippen molar-refractivity contribution < 1.29 is 43.5 Å². The van der Waals surface area contributed by atoms with E-state index in [-0.39, 0.29) is 63.7 Å². The molecule has 11 nitrogen and oxygen atoms in total. The summed E-state index contributed by atoms with van der Waals surface area (Å²) in [6.45, 7) is 6.54. The molecule has 5 aliphatic rings. The Balaban J connectivity index is 1.26. The van der Waals surface area contributed by atoms with Crippen molar-refractivity contribution in [1.82, 2.24) is 0 Å². The number of para-hydroxylation sites is 1. The zero-order valence-corrected chi connectivity index (χ0v) is 33.7. The van der Waals surface area contributed by atoms with Gasteiger partial charge in [-0.2, -0.15) is 0 Å². The van der Waals surface area contributed by atoms with E-state index in [1.807, 2.05) is 20.8 Å². The van der Waals surface area contributed by atoms with E-state index >= 15 is 0 Å². The van der Waals surface area contributed by atoms with Crippen molar-refractivity contribution in [2.24, 2.45) is 40.7 Å². The molecule has 5 fully saturated rings. The molecule has 4 bridgehead atoms. The first kappa shape index (κ1) is 38.9. The number of methoxy groups -OCH3 is 3. The predicted octanol–water partition coefficient (Wildman–Crippen LogP) is 5.39. The molecular formula is C41H55IN2O9. The maximum Gasteiger partial charge on any atom is 0.340 e. The predicted molar refractivity (Wildman–Crippen MR) is 207 cm³/mol. The lowest BCUT2D eigenvalue weighted by molar-refractivity contribution is -0.294. The number of benzene rings is 2. The highest BCUT2D eigenvalue weighted by Crippen LogP contribution is 2.78. The van der Waals surface area contributed by atoms with Gasteiger partial charge in [-0.15, -0.1) is 0 Å². The van der Waals surface area contributed by atoms with Gasteiger partial charge in [0.25, 0.3) is 5.91 Å². The molecule has 1 spiro atoms. The summed E-state index contributed by atoms with van der Waals surface area (Å²) in [5.41, 5.74) is 2.89. The van der Waals surface area contributed by atoms with Crippen LogP contribution in [0.2, 0.25) is 0 Å². The van der Waals surface area contributed by atoms with Crippen molar-refractivity contribution in [3.63, 3.8) is 0 Å². The number of carbonyl (C=O) groups is 2. The van der Waals surface area contributed by atoms with E-state index in [1.165, 1.54) is 0 Å². The molecule has 53 heavy (non-hydrogen) atoms. The second kappa shape index (κ2) is 14.3. The molecule has 0 aromatic heterocycles. The first-order valence-electron chi connectivity index (χ1n) is 19.0. The first-order chi connectivity index (χ1) is 25.3. The molecule has 290 valence electrons. The highest BCUT2D eigenvalue weighted by Gasteiger charge is 2.86. The van der Waals surface area contributed by atoms with Gasteiger partial charge in [0.2, 0.25) is 0 Å². The Labute approximate surface area is 326 Å². The Morgan fingerprint density at radius 3 is 2.34 bits per heavy atom. The number of hydrogen-bond donors (Lipinski definition) is 4. The van der Waals surface area contributed by atoms with E-state index < -0.39 is 40.2 Å². The summed E-state index contributed by atoms with van der Waals surface area (Å²) >= 11 is 2.49. The molecule has 0 saturated heterocycles. The van der Waals surface area contributed by atoms with Crippen LogP contribution in [-0.2, 0) is 18.9 Å². The van der Waals surface area contributed by atoms with E-state index in [0.717, 1.165) is 6.42 Å². The number of ether oxygens (including phenoxy) is 5. The fourth-order valence-corrected chi connectivity index (χ4v) is 14.2. The SMILES string of the molecule is CCCOc1ccc(C(=O)Nc2ccccc2C(=O)OC2(C)C([C@@H](C)N)C[C@H](OC)C34C2CC([C@H]3I)[C@@]2(O)C[C@@H](OC)CC3CC4[C@]2(O)[C@H]3OC)cc1. The molecule has 7 unspecified atom stereocenters. The minimum atomic E-state index is -1.57. The summed E-state index contributed by atoms with van der Waals surface area (Å²) in [7, 11) is 5.01. The number of anilines is 1. The number of hydrogen-bond acceptors (Lipinski definition) is 10. The van der Waals surface area contributed by atoms with Gasteiger partial charge >= 0.3 is 5.97 Å². The van der Waals surface area contributed by atoms with Crippen molar-refractivity contribution in [2.45, 2.75) is 104 Å². The maximum atomic E-state index is 14.6. The number of halogens is 1. The molecule has 2 aromatic rings. The van der Waals surface area contributed by atoms with Gasteiger partial charge in [-0.3, -0.25) is 4.79 Å². The normalized spacial score (nSPS) is 41.6. The standard InChI is InChI=1S/C41H55IN2O9/c1-7-16-52-25-14-12-23(13-15-25)36(45)44-30-11-9-8-10-27(30)37(46)53-38(3)28(22(2)43)20-33(50-5)40-31(38)19-29(34(40)42)39(47)21-26(49-4)17-24-18-32(40)41(39,48)35(24)51-6/h8-15,22,24,26,28-29,31-35,47-48H,7,16-21,43H2,1-6H3,(H,44,45)/t22-,24?,26+,28?,29?,31?,32?,33+,34-,35+,38?,39+,40?,41+/m1/s1. The molecule has 7 rings (SSSR count). The third-order valence-corrected chi connectivity index (χ3v) is 16.1. The average Bonchev–Trinajstić information content (AvgIpc) is 3.56. The zero-order valence-electron chi connectivity index (χ0n) is 31.5. The van der Waals surface area contributed by atoms with Gasteiger partial charge in [-0.1, -0.05) is 41.6 Å². The summed E-state index contributed by atoms with van der Waals surface area (Å²) in [4.78, 5) is 28.0. The lowest BCUT2D eigenvalue weighted by Crippen LogP contribution is -2.77. The number of amides is 1. The Morgan fingerprint density at radius 2 is 1.70 bits per heavy atom. The van der Waals surface area contributed by atoms with Crippen LogP contribution < -0.4 is 15.8 Å². The fourth-order valence-electron chi connectivity index (χ4n) is 12.0. The molecule has 14 atom stereocenters. The third kappa shape index (κ3) is 5.62. The molecular weight excluding hydrogens is 791 g/mol. The van der Waals surface area contributed by atoms with Crippen LogP contribution in [0.5, 0.6) is 5.75 Å². The average molecular weight is 847 g/mol. The van der Waals surface area contributed by atoms with Crippen LogP contribution >= 0.6 is 22.6 Å². The van der Waals surface area contributed by atoms with Crippen molar-refractivity contribution in [2.75, 3.05) is 33.3 Å². The molecule has 0 heterocycles. The van der Waals surface area contributed by atoms with Gasteiger partial charge in [0.1, 0.15) is 22.6 Å². The van der Waals surface area contributed by atoms with Crippen molar-refractivity contribution in [3.05, 3.63) is 59.7 Å². The molecule has 5 saturated carbocycles. The van der Waals surface area contributed by atoms with E-state index in [0.29, 0.717) is 49.3 Å². The highest BCUT2D eigenvalue weighted by molar-refractivity contribution is 14.1. The quantitative estimate of drug-likeness (QED) is 0.131. The zero-order chi connectivity index (χ0) is 38.1. The summed E-state index contributed by atoms with van der Waals surface area (Å²) in [5, 5.41) is 29.1. The summed E-state index contributed by atoms with van der Waals surface area (Å²) < 4.78 is 30.9. The van der Waals surface area contributed by atoms with Crippen LogP contribution in [0.3, 0.4) is 0 Å². The van der Waals surface area contributed by atoms with Crippen LogP contribution in [-0.4, -0.2) is 95.1 Å². The largest absolute Gasteiger partial charge is 0.494 e. The van der Waals surface area contributed by atoms with Gasteiger partial charge in [0.05, 0.1) is 36.2 Å². The summed E-state index contributed by atoms with van der Waals surface area (Å²) in [6.07, 6.45) is 2.29. The number of carbonyl (C=O) groups excluding carboxylic acids is 2. The third-order valence-electron chi connectivity index (χ3n) is 14.1. The Kier molecular flexibility index (Phi) is 10.5. The van der Waals surface area contributed by atoms with E-state index in [1.54, 1.807) is 69.9 Å². The van der Waals surface area contributed by atoms with E-state index in [4.69, 9.17) is 29.4 Å². The second-order valence-corrected chi connectivity index (χ2v) is 17.8. The number of alkyl halides is 1. The number of aliphatic hydroxyl groups is 2. The minimum absolute atomic E-state index is 0.0417. The second-order valence-electron chi connectivity index (χ2n) is 16.4. The highest BCUT2D eigenvalue weighted by atomic mass is 127. The number of rotatable bonds is 11. The van der Waals surface area contributed by atoms with Gasteiger partial charge in [0.15, 0.2) is 0 Å². The smallest absolute Gasteiger partial charge is 0.340 e. The first-order valence-corrected chi connectivity index (χ1v) is 20.3. The van der Waals surface area contributed by atoms with Crippen LogP contribution in [0, 0.1) is 35.0 Å². The van der Waals surface area contributed by atoms with Crippen molar-refractivity contribution in [1.29, 1.82) is 0 Å². The maximum absolute atomic E-state index is 14.6. The molecule has 5 N–H and O–H groups in total. The summed E-state index contributed by atoms with van der Waals surface area (Å²) in [6, 6.07) is 13.4. The summed E-state index contributed by atoms with van der Waals surface area (Å²) in [5.74, 6) is -1.71. The molecule has 5 aliphatic carbocycles. The topological polar surface area (TPSA) is 159 Å². The number of fused-ring (bicyclic) bond motifs is 3. The Morgan fingerprint density at radius 1 is 0.981 bits per heavy atom. The fraction of sp³-hybridized carbons (Fsp3) is 0.659. The van der Waals surface area contributed by atoms with Crippen LogP contribution in [0.1, 0.15) is 80.0 Å². The number of esters is 1. The Hall–Kier alpha value is -2.33. The van der Waals surface area contributed by atoms with Crippen molar-refractivity contribution in [3.8, 4) is 5.75 Å². The van der Waals surface area contributed by atoms with Gasteiger partial charge in [0, 0.05) is 72.4 Å². The molecule has 0 aliphatic heterocycles. The van der Waals surface area contributed by atoms with Crippen LogP contribution in [0.15, 0.2) is 48.5 Å². The molecule has 1 amide bonds. The van der Waals surface area contributed by atoms with Crippen molar-refractivity contribution >= 4 is 40.2 Å². The Bertz CT molecular complexity index is 1690. The monoisotopic (exact) mass is 846 g/mol. The number of nitrogens with one attached hydrogen (secondary N) is 1. The van der Waals surface area contributed by atoms with Crippen LogP contribution in [0.4, 0.5) is 5.69 Å². The minimum Gasteiger partial charge on any atom is -0.494 e. The molecule has 0 radical (unpaired) electrons. The molecule has 2 aromatic carbocycles. The number of nitrogens with two attached hydrogens (primary N) is 1. The van der Waals surface area contributed by atoms with E-state index in [9.17, 15) is 19.8 Å². The van der Waals surface area contributed by atoms with Gasteiger partial charge in [-0.05, 0) is 88.3 Å². The van der Waals surface area contributed by atoms with Gasteiger partial charge in [-0.25, -0.2) is 4.79 Å². The lowest BCUT2D eigenvalue weighted by atomic mass is 9.45. The van der Waals surface area contributed by atoms with E-state index in [2.05, 4.69) is 27.9 Å². The van der Waals surface area contributed by atoms with Gasteiger partial charge < -0.3 is 44.9 Å². The van der Waals surface area contributed by atoms with Crippen LogP contribution in [0.25, 0.3) is 0 Å². The molecule has 12 heteroatoms. The lowest BCUT2D eigenvalue weighted by Gasteiger charge is -2.66.